The first-order valence-corrected chi connectivity index (χ1v) is 6.50. The number of carbonyl (C=O) groups excluding carboxylic acids is 3. The van der Waals surface area contributed by atoms with Gasteiger partial charge in [-0.2, -0.15) is 0 Å². The van der Waals surface area contributed by atoms with E-state index in [0.29, 0.717) is 12.8 Å². The maximum absolute atomic E-state index is 11.1. The van der Waals surface area contributed by atoms with Crippen molar-refractivity contribution in [3.8, 4) is 0 Å². The van der Waals surface area contributed by atoms with E-state index in [0.717, 1.165) is 0 Å². The van der Waals surface area contributed by atoms with E-state index in [4.69, 9.17) is 18.9 Å². The lowest BCUT2D eigenvalue weighted by Crippen LogP contribution is -2.31. The molecule has 114 valence electrons. The highest BCUT2D eigenvalue weighted by Gasteiger charge is 2.43. The van der Waals surface area contributed by atoms with Gasteiger partial charge in [-0.1, -0.05) is 6.92 Å². The van der Waals surface area contributed by atoms with Gasteiger partial charge < -0.3 is 18.9 Å². The van der Waals surface area contributed by atoms with Gasteiger partial charge in [0.2, 0.25) is 6.29 Å². The summed E-state index contributed by atoms with van der Waals surface area (Å²) in [6.45, 7) is 5.66. The third kappa shape index (κ3) is 4.80. The van der Waals surface area contributed by atoms with Crippen LogP contribution in [0.5, 0.6) is 0 Å². The second-order valence-electron chi connectivity index (χ2n) is 4.59. The van der Waals surface area contributed by atoms with Gasteiger partial charge in [0.15, 0.2) is 6.10 Å². The Morgan fingerprint density at radius 2 is 1.70 bits per heavy atom. The van der Waals surface area contributed by atoms with Crippen molar-refractivity contribution in [2.24, 2.45) is 0 Å². The molecule has 1 aliphatic rings. The molecule has 0 aromatic rings. The first-order chi connectivity index (χ1) is 9.33. The molecule has 7 heteroatoms. The van der Waals surface area contributed by atoms with E-state index in [1.54, 1.807) is 0 Å². The van der Waals surface area contributed by atoms with E-state index >= 15 is 0 Å². The smallest absolute Gasteiger partial charge is 0.305 e. The normalized spacial score (nSPS) is 26.7. The van der Waals surface area contributed by atoms with Gasteiger partial charge in [-0.3, -0.25) is 14.4 Å². The van der Waals surface area contributed by atoms with Crippen molar-refractivity contribution in [2.75, 3.05) is 0 Å². The molecule has 1 aliphatic heterocycles. The molecule has 0 N–H and O–H groups in total. The first-order valence-electron chi connectivity index (χ1n) is 6.50. The Bertz CT molecular complexity index is 355. The lowest BCUT2D eigenvalue weighted by Gasteiger charge is -2.21. The topological polar surface area (TPSA) is 88.1 Å². The highest BCUT2D eigenvalue weighted by Crippen LogP contribution is 2.29. The van der Waals surface area contributed by atoms with Crippen molar-refractivity contribution in [1.82, 2.24) is 0 Å². The quantitative estimate of drug-likeness (QED) is 0.549. The number of hydrogen-bond donors (Lipinski definition) is 0. The van der Waals surface area contributed by atoms with Gasteiger partial charge in [-0.05, 0) is 6.42 Å². The van der Waals surface area contributed by atoms with Crippen LogP contribution in [0.1, 0.15) is 40.5 Å². The summed E-state index contributed by atoms with van der Waals surface area (Å²) in [5, 5.41) is 0. The van der Waals surface area contributed by atoms with Crippen LogP contribution in [0.25, 0.3) is 0 Å². The fraction of sp³-hybridized carbons (Fsp3) is 0.769. The zero-order valence-electron chi connectivity index (χ0n) is 12.1. The monoisotopic (exact) mass is 288 g/mol. The molecule has 0 spiro atoms. The first kappa shape index (κ1) is 16.4. The lowest BCUT2D eigenvalue weighted by atomic mass is 10.1. The second-order valence-corrected chi connectivity index (χ2v) is 4.59. The number of esters is 3. The predicted octanol–water partition coefficient (Wildman–Crippen LogP) is 0.938. The van der Waals surface area contributed by atoms with Gasteiger partial charge >= 0.3 is 17.9 Å². The van der Waals surface area contributed by atoms with Gasteiger partial charge in [-0.15, -0.1) is 0 Å². The number of ether oxygens (including phenoxy) is 4. The largest absolute Gasteiger partial charge is 0.460 e. The van der Waals surface area contributed by atoms with Crippen molar-refractivity contribution in [2.45, 2.75) is 65.1 Å². The van der Waals surface area contributed by atoms with Crippen molar-refractivity contribution in [3.63, 3.8) is 0 Å². The van der Waals surface area contributed by atoms with Crippen molar-refractivity contribution in [1.29, 1.82) is 0 Å². The third-order valence-electron chi connectivity index (χ3n) is 2.81. The average molecular weight is 288 g/mol. The predicted molar refractivity (Wildman–Crippen MR) is 66.4 cm³/mol. The van der Waals surface area contributed by atoms with E-state index in [-0.39, 0.29) is 0 Å². The molecule has 0 aromatic heterocycles. The highest BCUT2D eigenvalue weighted by atomic mass is 16.7. The summed E-state index contributed by atoms with van der Waals surface area (Å²) in [4.78, 5) is 33.1. The summed E-state index contributed by atoms with van der Waals surface area (Å²) in [6, 6.07) is 0. The van der Waals surface area contributed by atoms with Gasteiger partial charge in [0.1, 0.15) is 12.2 Å². The molecule has 0 amide bonds. The molecule has 0 aliphatic carbocycles. The van der Waals surface area contributed by atoms with Gasteiger partial charge in [0, 0.05) is 27.2 Å². The minimum absolute atomic E-state index is 0.309. The molecule has 1 heterocycles. The van der Waals surface area contributed by atoms with Crippen LogP contribution < -0.4 is 0 Å². The summed E-state index contributed by atoms with van der Waals surface area (Å²) in [6.07, 6.45) is -1.74. The lowest BCUT2D eigenvalue weighted by molar-refractivity contribution is -0.201. The molecule has 4 atom stereocenters. The molecule has 1 rings (SSSR count). The zero-order chi connectivity index (χ0) is 15.3. The second kappa shape index (κ2) is 7.23. The standard InChI is InChI=1S/C13H20O7/c1-5-10(17-7(2)14)11-6-12(18-8(3)15)13(20-11)19-9(4)16/h10-13H,5-6H2,1-4H3/t10?,11-,12+,13?/m0/s1. The summed E-state index contributed by atoms with van der Waals surface area (Å²) in [5.74, 6) is -1.44. The van der Waals surface area contributed by atoms with Crippen molar-refractivity contribution < 1.29 is 33.3 Å². The van der Waals surface area contributed by atoms with Crippen LogP contribution in [0.15, 0.2) is 0 Å². The summed E-state index contributed by atoms with van der Waals surface area (Å²) in [5.41, 5.74) is 0. The zero-order valence-corrected chi connectivity index (χ0v) is 12.1. The fourth-order valence-corrected chi connectivity index (χ4v) is 2.11. The molecule has 0 saturated carbocycles. The SMILES string of the molecule is CCC(OC(C)=O)[C@@H]1C[C@@H](OC(C)=O)C(OC(C)=O)O1. The van der Waals surface area contributed by atoms with Gasteiger partial charge in [-0.25, -0.2) is 0 Å². The van der Waals surface area contributed by atoms with E-state index in [9.17, 15) is 14.4 Å². The molecule has 0 bridgehead atoms. The third-order valence-corrected chi connectivity index (χ3v) is 2.81. The summed E-state index contributed by atoms with van der Waals surface area (Å²) < 4.78 is 20.7. The van der Waals surface area contributed by atoms with Gasteiger partial charge in [0.25, 0.3) is 0 Å². The molecule has 20 heavy (non-hydrogen) atoms. The Balaban J connectivity index is 2.73. The Hall–Kier alpha value is -1.63. The van der Waals surface area contributed by atoms with E-state index < -0.39 is 42.5 Å². The molecule has 7 nitrogen and oxygen atoms in total. The summed E-state index contributed by atoms with van der Waals surface area (Å²) >= 11 is 0. The summed E-state index contributed by atoms with van der Waals surface area (Å²) in [7, 11) is 0. The van der Waals surface area contributed by atoms with Crippen molar-refractivity contribution >= 4 is 17.9 Å². The van der Waals surface area contributed by atoms with Crippen LogP contribution in [0.2, 0.25) is 0 Å². The molecular weight excluding hydrogens is 268 g/mol. The fourth-order valence-electron chi connectivity index (χ4n) is 2.11. The highest BCUT2D eigenvalue weighted by molar-refractivity contribution is 5.67. The number of carbonyl (C=O) groups is 3. The maximum Gasteiger partial charge on any atom is 0.305 e. The average Bonchev–Trinajstić information content (AvgIpc) is 2.67. The van der Waals surface area contributed by atoms with Crippen LogP contribution in [0.3, 0.4) is 0 Å². The Morgan fingerprint density at radius 1 is 1.10 bits per heavy atom. The van der Waals surface area contributed by atoms with Gasteiger partial charge in [0.05, 0.1) is 0 Å². The van der Waals surface area contributed by atoms with Crippen LogP contribution in [0, 0.1) is 0 Å². The minimum atomic E-state index is -0.967. The Labute approximate surface area is 117 Å². The Morgan fingerprint density at radius 3 is 2.15 bits per heavy atom. The van der Waals surface area contributed by atoms with Crippen LogP contribution in [0.4, 0.5) is 0 Å². The van der Waals surface area contributed by atoms with E-state index in [1.807, 2.05) is 6.92 Å². The van der Waals surface area contributed by atoms with Crippen LogP contribution in [-0.2, 0) is 33.3 Å². The van der Waals surface area contributed by atoms with Crippen LogP contribution in [-0.4, -0.2) is 42.5 Å². The molecule has 0 aromatic carbocycles. The molecule has 1 fully saturated rings. The maximum atomic E-state index is 11.1. The molecular formula is C13H20O7. The number of rotatable bonds is 5. The van der Waals surface area contributed by atoms with E-state index in [2.05, 4.69) is 0 Å². The molecule has 2 unspecified atom stereocenters. The minimum Gasteiger partial charge on any atom is -0.460 e. The van der Waals surface area contributed by atoms with Crippen LogP contribution >= 0.6 is 0 Å². The number of hydrogen-bond acceptors (Lipinski definition) is 7. The molecule has 1 saturated heterocycles. The van der Waals surface area contributed by atoms with Crippen molar-refractivity contribution in [3.05, 3.63) is 0 Å². The Kier molecular flexibility index (Phi) is 5.94. The molecule has 0 radical (unpaired) electrons. The van der Waals surface area contributed by atoms with E-state index in [1.165, 1.54) is 20.8 Å².